The molecule has 0 saturated heterocycles. The largest absolute Gasteiger partial charge is 0.493 e. The number of aromatic nitrogens is 1. The first-order chi connectivity index (χ1) is 15.5. The molecule has 1 aliphatic heterocycles. The molecule has 0 saturated carbocycles. The van der Waals surface area contributed by atoms with Gasteiger partial charge in [-0.15, -0.1) is 11.3 Å². The average molecular weight is 450 g/mol. The van der Waals surface area contributed by atoms with E-state index in [-0.39, 0.29) is 12.5 Å². The molecule has 1 aromatic heterocycles. The number of methoxy groups -OCH3 is 2. The Morgan fingerprint density at radius 2 is 1.88 bits per heavy atom. The fourth-order valence-corrected chi connectivity index (χ4v) is 3.92. The van der Waals surface area contributed by atoms with E-state index >= 15 is 0 Å². The van der Waals surface area contributed by atoms with E-state index in [0.29, 0.717) is 39.1 Å². The zero-order valence-corrected chi connectivity index (χ0v) is 18.3. The topological polar surface area (TPSA) is 99.9 Å². The number of benzene rings is 2. The highest BCUT2D eigenvalue weighted by Gasteiger charge is 2.18. The van der Waals surface area contributed by atoms with Gasteiger partial charge >= 0.3 is 5.97 Å². The molecular formula is C23H18N2O6S. The Morgan fingerprint density at radius 1 is 1.16 bits per heavy atom. The van der Waals surface area contributed by atoms with Crippen LogP contribution in [0.5, 0.6) is 28.7 Å². The van der Waals surface area contributed by atoms with Gasteiger partial charge in [0, 0.05) is 17.9 Å². The standard InChI is InChI=1S/C23H18N2O6S/c1-13(26)31-22-20(27-2)7-14(8-21(22)28-3)6-16(10-24)23-25-17(11-32-23)15-4-5-18-19(9-15)30-12-29-18/h4-9,11H,12H2,1-3H3. The number of ether oxygens (including phenoxy) is 5. The molecule has 0 bridgehead atoms. The number of nitriles is 1. The van der Waals surface area contributed by atoms with Crippen molar-refractivity contribution in [2.24, 2.45) is 0 Å². The van der Waals surface area contributed by atoms with Gasteiger partial charge in [0.15, 0.2) is 23.0 Å². The summed E-state index contributed by atoms with van der Waals surface area (Å²) in [4.78, 5) is 16.0. The lowest BCUT2D eigenvalue weighted by Crippen LogP contribution is -2.05. The highest BCUT2D eigenvalue weighted by atomic mass is 32.1. The smallest absolute Gasteiger partial charge is 0.308 e. The Morgan fingerprint density at radius 3 is 2.53 bits per heavy atom. The summed E-state index contributed by atoms with van der Waals surface area (Å²) < 4.78 is 26.7. The molecule has 8 nitrogen and oxygen atoms in total. The second-order valence-corrected chi connectivity index (χ2v) is 7.48. The van der Waals surface area contributed by atoms with E-state index in [4.69, 9.17) is 23.7 Å². The predicted octanol–water partition coefficient (Wildman–Crippen LogP) is 4.55. The zero-order valence-electron chi connectivity index (χ0n) is 17.5. The van der Waals surface area contributed by atoms with E-state index < -0.39 is 5.97 Å². The van der Waals surface area contributed by atoms with E-state index in [0.717, 1.165) is 11.3 Å². The minimum atomic E-state index is -0.499. The van der Waals surface area contributed by atoms with Crippen molar-refractivity contribution in [3.63, 3.8) is 0 Å². The normalized spacial score (nSPS) is 12.2. The number of fused-ring (bicyclic) bond motifs is 1. The van der Waals surface area contributed by atoms with Gasteiger partial charge in [-0.3, -0.25) is 4.79 Å². The van der Waals surface area contributed by atoms with Crippen LogP contribution in [0, 0.1) is 11.3 Å². The predicted molar refractivity (Wildman–Crippen MR) is 118 cm³/mol. The maximum absolute atomic E-state index is 11.4. The Bertz CT molecular complexity index is 1230. The molecule has 0 unspecified atom stereocenters. The number of carbonyl (C=O) groups is 1. The minimum absolute atomic E-state index is 0.178. The van der Waals surface area contributed by atoms with E-state index in [1.165, 1.54) is 32.5 Å². The van der Waals surface area contributed by atoms with Crippen LogP contribution in [0.25, 0.3) is 22.9 Å². The van der Waals surface area contributed by atoms with Crippen molar-refractivity contribution in [3.8, 4) is 46.1 Å². The summed E-state index contributed by atoms with van der Waals surface area (Å²) in [5, 5.41) is 12.2. The Kier molecular flexibility index (Phi) is 5.96. The lowest BCUT2D eigenvalue weighted by molar-refractivity contribution is -0.132. The van der Waals surface area contributed by atoms with Crippen molar-refractivity contribution < 1.29 is 28.5 Å². The van der Waals surface area contributed by atoms with Crippen molar-refractivity contribution in [2.75, 3.05) is 21.0 Å². The summed E-state index contributed by atoms with van der Waals surface area (Å²) in [5.74, 6) is 1.66. The molecule has 2 aromatic carbocycles. The summed E-state index contributed by atoms with van der Waals surface area (Å²) in [5.41, 5.74) is 2.59. The van der Waals surface area contributed by atoms with E-state index in [9.17, 15) is 10.1 Å². The Balaban J connectivity index is 1.68. The van der Waals surface area contributed by atoms with Crippen molar-refractivity contribution >= 4 is 29.0 Å². The van der Waals surface area contributed by atoms with Crippen LogP contribution in [0.4, 0.5) is 0 Å². The van der Waals surface area contributed by atoms with Crippen LogP contribution in [0.3, 0.4) is 0 Å². The molecule has 0 aliphatic carbocycles. The quantitative estimate of drug-likeness (QED) is 0.306. The van der Waals surface area contributed by atoms with Crippen LogP contribution in [0.2, 0.25) is 0 Å². The fourth-order valence-electron chi connectivity index (χ4n) is 3.12. The van der Waals surface area contributed by atoms with Gasteiger partial charge < -0.3 is 23.7 Å². The first kappa shape index (κ1) is 21.2. The minimum Gasteiger partial charge on any atom is -0.493 e. The van der Waals surface area contributed by atoms with Gasteiger partial charge in [0.1, 0.15) is 11.1 Å². The van der Waals surface area contributed by atoms with Gasteiger partial charge in [-0.1, -0.05) is 0 Å². The van der Waals surface area contributed by atoms with Gasteiger partial charge in [-0.25, -0.2) is 4.98 Å². The molecule has 4 rings (SSSR count). The van der Waals surface area contributed by atoms with E-state index in [1.807, 2.05) is 23.6 Å². The molecule has 0 N–H and O–H groups in total. The average Bonchev–Trinajstić information content (AvgIpc) is 3.46. The van der Waals surface area contributed by atoms with Crippen LogP contribution in [-0.2, 0) is 4.79 Å². The second-order valence-electron chi connectivity index (χ2n) is 6.62. The van der Waals surface area contributed by atoms with Crippen LogP contribution in [0.15, 0.2) is 35.7 Å². The molecule has 162 valence electrons. The fraction of sp³-hybridized carbons (Fsp3) is 0.174. The lowest BCUT2D eigenvalue weighted by atomic mass is 10.1. The van der Waals surface area contributed by atoms with Crippen LogP contribution < -0.4 is 23.7 Å². The van der Waals surface area contributed by atoms with Gasteiger partial charge in [0.2, 0.25) is 12.5 Å². The summed E-state index contributed by atoms with van der Waals surface area (Å²) in [6.07, 6.45) is 1.67. The molecule has 0 amide bonds. The molecule has 0 atom stereocenters. The number of hydrogen-bond donors (Lipinski definition) is 0. The van der Waals surface area contributed by atoms with E-state index in [1.54, 1.807) is 18.2 Å². The van der Waals surface area contributed by atoms with E-state index in [2.05, 4.69) is 11.1 Å². The van der Waals surface area contributed by atoms with Gasteiger partial charge in [0.25, 0.3) is 0 Å². The number of carbonyl (C=O) groups excluding carboxylic acids is 1. The summed E-state index contributed by atoms with van der Waals surface area (Å²) in [6.45, 7) is 1.49. The number of nitrogens with zero attached hydrogens (tertiary/aromatic N) is 2. The third-order valence-electron chi connectivity index (χ3n) is 4.56. The highest BCUT2D eigenvalue weighted by Crippen LogP contribution is 2.40. The summed E-state index contributed by atoms with van der Waals surface area (Å²) >= 11 is 1.36. The maximum atomic E-state index is 11.4. The summed E-state index contributed by atoms with van der Waals surface area (Å²) in [6, 6.07) is 11.1. The van der Waals surface area contributed by atoms with Gasteiger partial charge in [-0.05, 0) is 42.0 Å². The molecule has 3 aromatic rings. The summed E-state index contributed by atoms with van der Waals surface area (Å²) in [7, 11) is 2.91. The van der Waals surface area contributed by atoms with Crippen molar-refractivity contribution in [2.45, 2.75) is 6.92 Å². The molecular weight excluding hydrogens is 432 g/mol. The molecule has 0 fully saturated rings. The van der Waals surface area contributed by atoms with Crippen LogP contribution in [-0.4, -0.2) is 32.0 Å². The first-order valence-electron chi connectivity index (χ1n) is 9.44. The number of esters is 1. The van der Waals surface area contributed by atoms with Crippen molar-refractivity contribution in [1.29, 1.82) is 5.26 Å². The highest BCUT2D eigenvalue weighted by molar-refractivity contribution is 7.11. The second kappa shape index (κ2) is 8.99. The zero-order chi connectivity index (χ0) is 22.7. The number of rotatable bonds is 6. The monoisotopic (exact) mass is 450 g/mol. The van der Waals surface area contributed by atoms with Crippen LogP contribution >= 0.6 is 11.3 Å². The molecule has 1 aliphatic rings. The Labute approximate surface area is 188 Å². The molecule has 0 spiro atoms. The SMILES string of the molecule is COc1cc(C=C(C#N)c2nc(-c3ccc4c(c3)OCO4)cs2)cc(OC)c1OC(C)=O. The third-order valence-corrected chi connectivity index (χ3v) is 5.44. The number of hydrogen-bond acceptors (Lipinski definition) is 9. The lowest BCUT2D eigenvalue weighted by Gasteiger charge is -2.13. The van der Waals surface area contributed by atoms with Gasteiger partial charge in [-0.2, -0.15) is 5.26 Å². The Hall–Kier alpha value is -4.03. The number of allylic oxidation sites excluding steroid dienone is 1. The van der Waals surface area contributed by atoms with Gasteiger partial charge in [0.05, 0.1) is 25.5 Å². The van der Waals surface area contributed by atoms with Crippen molar-refractivity contribution in [3.05, 3.63) is 46.3 Å². The van der Waals surface area contributed by atoms with Crippen molar-refractivity contribution in [1.82, 2.24) is 4.98 Å². The molecule has 0 radical (unpaired) electrons. The maximum Gasteiger partial charge on any atom is 0.308 e. The molecule has 2 heterocycles. The molecule has 9 heteroatoms. The third kappa shape index (κ3) is 4.22. The van der Waals surface area contributed by atoms with Crippen LogP contribution in [0.1, 0.15) is 17.5 Å². The first-order valence-corrected chi connectivity index (χ1v) is 10.3. The molecule has 32 heavy (non-hydrogen) atoms. The number of thiazole rings is 1.